The molecule has 1 atom stereocenters. The van der Waals surface area contributed by atoms with Crippen LogP contribution in [0.15, 0.2) is 18.3 Å². The molecule has 1 rings (SSSR count). The molecular formula is C9H17N3. The number of nitrogens with two attached hydrogens (primary N) is 1. The van der Waals surface area contributed by atoms with Gasteiger partial charge in [-0.1, -0.05) is 0 Å². The van der Waals surface area contributed by atoms with Crippen molar-refractivity contribution in [3.05, 3.63) is 24.0 Å². The average Bonchev–Trinajstić information content (AvgIpc) is 2.38. The van der Waals surface area contributed by atoms with Crippen LogP contribution < -0.4 is 11.1 Å². The van der Waals surface area contributed by atoms with Crippen LogP contribution in [0.3, 0.4) is 0 Å². The fraction of sp³-hybridized carbons (Fsp3) is 0.556. The molecule has 0 saturated carbocycles. The van der Waals surface area contributed by atoms with Gasteiger partial charge in [0.2, 0.25) is 0 Å². The molecule has 0 aliphatic rings. The van der Waals surface area contributed by atoms with E-state index in [9.17, 15) is 0 Å². The fourth-order valence-electron chi connectivity index (χ4n) is 1.45. The summed E-state index contributed by atoms with van der Waals surface area (Å²) in [6.07, 6.45) is 1.91. The molecule has 0 aromatic carbocycles. The summed E-state index contributed by atoms with van der Waals surface area (Å²) in [5.41, 5.74) is 6.88. The van der Waals surface area contributed by atoms with Crippen molar-refractivity contribution in [3.63, 3.8) is 0 Å². The van der Waals surface area contributed by atoms with E-state index in [0.717, 1.165) is 5.69 Å². The number of H-pyrrole nitrogens is 1. The summed E-state index contributed by atoms with van der Waals surface area (Å²) in [6, 6.07) is 4.19. The van der Waals surface area contributed by atoms with Crippen molar-refractivity contribution >= 4 is 0 Å². The molecule has 0 saturated heterocycles. The Morgan fingerprint density at radius 1 is 1.58 bits per heavy atom. The second-order valence-electron chi connectivity index (χ2n) is 3.67. The molecule has 3 nitrogen and oxygen atoms in total. The number of hydrogen-bond donors (Lipinski definition) is 3. The van der Waals surface area contributed by atoms with Crippen LogP contribution in [0.5, 0.6) is 0 Å². The van der Waals surface area contributed by atoms with Gasteiger partial charge < -0.3 is 16.0 Å². The monoisotopic (exact) mass is 167 g/mol. The van der Waals surface area contributed by atoms with Gasteiger partial charge >= 0.3 is 0 Å². The van der Waals surface area contributed by atoms with Crippen LogP contribution in [-0.4, -0.2) is 17.6 Å². The Labute approximate surface area is 73.4 Å². The van der Waals surface area contributed by atoms with E-state index < -0.39 is 0 Å². The zero-order valence-electron chi connectivity index (χ0n) is 7.89. The number of hydrogen-bond acceptors (Lipinski definition) is 2. The van der Waals surface area contributed by atoms with E-state index in [1.807, 2.05) is 39.2 Å². The first-order valence-corrected chi connectivity index (χ1v) is 4.15. The van der Waals surface area contributed by atoms with Crippen molar-refractivity contribution in [1.29, 1.82) is 0 Å². The lowest BCUT2D eigenvalue weighted by Gasteiger charge is -2.29. The molecule has 0 amide bonds. The number of aromatic nitrogens is 1. The SMILES string of the molecule is CNC(c1ccc[nH]1)C(C)(C)N. The minimum absolute atomic E-state index is 0.174. The van der Waals surface area contributed by atoms with E-state index in [4.69, 9.17) is 5.73 Å². The maximum absolute atomic E-state index is 6.00. The van der Waals surface area contributed by atoms with E-state index >= 15 is 0 Å². The summed E-state index contributed by atoms with van der Waals surface area (Å²) in [6.45, 7) is 4.02. The van der Waals surface area contributed by atoms with Crippen LogP contribution >= 0.6 is 0 Å². The lowest BCUT2D eigenvalue weighted by molar-refractivity contribution is 0.364. The first kappa shape index (κ1) is 9.29. The summed E-state index contributed by atoms with van der Waals surface area (Å²) >= 11 is 0. The maximum Gasteiger partial charge on any atom is 0.0647 e. The number of rotatable bonds is 3. The normalized spacial score (nSPS) is 14.7. The predicted octanol–water partition coefficient (Wildman–Crippen LogP) is 1.01. The van der Waals surface area contributed by atoms with Crippen LogP contribution in [0.25, 0.3) is 0 Å². The first-order chi connectivity index (χ1) is 5.55. The van der Waals surface area contributed by atoms with Crippen LogP contribution in [0.4, 0.5) is 0 Å². The van der Waals surface area contributed by atoms with Gasteiger partial charge in [-0.2, -0.15) is 0 Å². The second kappa shape index (κ2) is 3.29. The largest absolute Gasteiger partial charge is 0.364 e. The van der Waals surface area contributed by atoms with Crippen LogP contribution in [0.1, 0.15) is 25.6 Å². The Balaban J connectivity index is 2.84. The third-order valence-electron chi connectivity index (χ3n) is 1.97. The maximum atomic E-state index is 6.00. The Morgan fingerprint density at radius 2 is 2.25 bits per heavy atom. The van der Waals surface area contributed by atoms with Crippen molar-refractivity contribution in [2.45, 2.75) is 25.4 Å². The minimum atomic E-state index is -0.250. The molecule has 1 aromatic heterocycles. The van der Waals surface area contributed by atoms with Crippen molar-refractivity contribution in [2.75, 3.05) is 7.05 Å². The third-order valence-corrected chi connectivity index (χ3v) is 1.97. The summed E-state index contributed by atoms with van der Waals surface area (Å²) in [5.74, 6) is 0. The van der Waals surface area contributed by atoms with Gasteiger partial charge in [0.15, 0.2) is 0 Å². The lowest BCUT2D eigenvalue weighted by Crippen LogP contribution is -2.45. The third kappa shape index (κ3) is 1.87. The molecule has 68 valence electrons. The van der Waals surface area contributed by atoms with Gasteiger partial charge in [-0.25, -0.2) is 0 Å². The molecule has 12 heavy (non-hydrogen) atoms. The van der Waals surface area contributed by atoms with Gasteiger partial charge in [0.25, 0.3) is 0 Å². The summed E-state index contributed by atoms with van der Waals surface area (Å²) < 4.78 is 0. The van der Waals surface area contributed by atoms with Gasteiger partial charge in [-0.05, 0) is 33.0 Å². The molecule has 1 aromatic rings. The van der Waals surface area contributed by atoms with Crippen molar-refractivity contribution in [3.8, 4) is 0 Å². The lowest BCUT2D eigenvalue weighted by atomic mass is 9.93. The Bertz CT molecular complexity index is 220. The Hall–Kier alpha value is -0.800. The zero-order chi connectivity index (χ0) is 9.19. The Kier molecular flexibility index (Phi) is 2.55. The van der Waals surface area contributed by atoms with Crippen molar-refractivity contribution in [2.24, 2.45) is 5.73 Å². The van der Waals surface area contributed by atoms with E-state index in [1.54, 1.807) is 0 Å². The standard InChI is InChI=1S/C9H17N3/c1-9(2,10)8(11-3)7-5-4-6-12-7/h4-6,8,11-12H,10H2,1-3H3. The van der Waals surface area contributed by atoms with Crippen LogP contribution in [0, 0.1) is 0 Å². The first-order valence-electron chi connectivity index (χ1n) is 4.15. The minimum Gasteiger partial charge on any atom is -0.364 e. The van der Waals surface area contributed by atoms with E-state index in [0.29, 0.717) is 0 Å². The van der Waals surface area contributed by atoms with Crippen LogP contribution in [0.2, 0.25) is 0 Å². The molecule has 0 aliphatic heterocycles. The Morgan fingerprint density at radius 3 is 2.58 bits per heavy atom. The molecule has 0 aliphatic carbocycles. The highest BCUT2D eigenvalue weighted by Gasteiger charge is 2.25. The van der Waals surface area contributed by atoms with Crippen molar-refractivity contribution < 1.29 is 0 Å². The molecule has 0 radical (unpaired) electrons. The van der Waals surface area contributed by atoms with E-state index in [2.05, 4.69) is 10.3 Å². The molecule has 3 heteroatoms. The summed E-state index contributed by atoms with van der Waals surface area (Å²) in [7, 11) is 1.92. The quantitative estimate of drug-likeness (QED) is 0.629. The van der Waals surface area contributed by atoms with Gasteiger partial charge in [-0.3, -0.25) is 0 Å². The molecular weight excluding hydrogens is 150 g/mol. The van der Waals surface area contributed by atoms with Gasteiger partial charge in [0.05, 0.1) is 6.04 Å². The van der Waals surface area contributed by atoms with Crippen LogP contribution in [-0.2, 0) is 0 Å². The predicted molar refractivity (Wildman–Crippen MR) is 50.9 cm³/mol. The topological polar surface area (TPSA) is 53.8 Å². The highest BCUT2D eigenvalue weighted by atomic mass is 15.0. The van der Waals surface area contributed by atoms with Gasteiger partial charge in [0.1, 0.15) is 0 Å². The molecule has 0 spiro atoms. The molecule has 1 unspecified atom stereocenters. The number of nitrogens with one attached hydrogen (secondary N) is 2. The zero-order valence-corrected chi connectivity index (χ0v) is 7.89. The number of aromatic amines is 1. The van der Waals surface area contributed by atoms with E-state index in [-0.39, 0.29) is 11.6 Å². The highest BCUT2D eigenvalue weighted by molar-refractivity contribution is 5.13. The van der Waals surface area contributed by atoms with Gasteiger partial charge in [-0.15, -0.1) is 0 Å². The van der Waals surface area contributed by atoms with Crippen molar-refractivity contribution in [1.82, 2.24) is 10.3 Å². The smallest absolute Gasteiger partial charge is 0.0647 e. The van der Waals surface area contributed by atoms with Gasteiger partial charge in [0, 0.05) is 17.4 Å². The second-order valence-corrected chi connectivity index (χ2v) is 3.67. The molecule has 0 fully saturated rings. The average molecular weight is 167 g/mol. The molecule has 0 bridgehead atoms. The summed E-state index contributed by atoms with van der Waals surface area (Å²) in [5, 5.41) is 3.19. The fourth-order valence-corrected chi connectivity index (χ4v) is 1.45. The molecule has 4 N–H and O–H groups in total. The number of likely N-dealkylation sites (N-methyl/N-ethyl adjacent to an activating group) is 1. The summed E-state index contributed by atoms with van der Waals surface area (Å²) in [4.78, 5) is 3.15. The molecule has 1 heterocycles. The van der Waals surface area contributed by atoms with E-state index in [1.165, 1.54) is 0 Å². The highest BCUT2D eigenvalue weighted by Crippen LogP contribution is 2.20.